The lowest BCUT2D eigenvalue weighted by atomic mass is 9.96. The van der Waals surface area contributed by atoms with E-state index in [0.717, 1.165) is 38.8 Å². The van der Waals surface area contributed by atoms with Crippen LogP contribution in [0.1, 0.15) is 57.9 Å². The van der Waals surface area contributed by atoms with Gasteiger partial charge in [-0.1, -0.05) is 26.2 Å². The zero-order valence-corrected chi connectivity index (χ0v) is 25.5. The average molecular weight is 588 g/mol. The van der Waals surface area contributed by atoms with E-state index in [0.29, 0.717) is 56.3 Å². The molecule has 1 aromatic rings. The molecular weight excluding hydrogens is 538 g/mol. The van der Waals surface area contributed by atoms with Crippen molar-refractivity contribution in [3.05, 3.63) is 23.8 Å². The molecule has 3 aliphatic rings. The molecule has 1 saturated carbocycles. The molecule has 0 radical (unpaired) electrons. The molecule has 4 rings (SSSR count). The second kappa shape index (κ2) is 15.5. The summed E-state index contributed by atoms with van der Waals surface area (Å²) < 4.78 is 11.9. The summed E-state index contributed by atoms with van der Waals surface area (Å²) in [4.78, 5) is 44.8. The summed E-state index contributed by atoms with van der Waals surface area (Å²) >= 11 is 0. The van der Waals surface area contributed by atoms with Gasteiger partial charge in [-0.05, 0) is 38.0 Å². The number of likely N-dealkylation sites (N-methyl/N-ethyl adjacent to an activating group) is 1. The average Bonchev–Trinajstić information content (AvgIpc) is 3.04. The Morgan fingerprint density at radius 2 is 1.90 bits per heavy atom. The molecule has 234 valence electrons. The molecule has 0 spiro atoms. The van der Waals surface area contributed by atoms with E-state index in [9.17, 15) is 19.5 Å². The zero-order chi connectivity index (χ0) is 30.1. The van der Waals surface area contributed by atoms with Crippen molar-refractivity contribution in [3.63, 3.8) is 0 Å². The highest BCUT2D eigenvalue weighted by Crippen LogP contribution is 2.29. The number of nitrogens with zero attached hydrogens (tertiary/aromatic N) is 3. The number of morpholine rings is 1. The van der Waals surface area contributed by atoms with E-state index < -0.39 is 0 Å². The van der Waals surface area contributed by atoms with E-state index in [-0.39, 0.29) is 55.0 Å². The van der Waals surface area contributed by atoms with Gasteiger partial charge in [0.1, 0.15) is 11.9 Å². The Bertz CT molecular complexity index is 1060. The van der Waals surface area contributed by atoms with Crippen molar-refractivity contribution < 1.29 is 29.0 Å². The molecule has 1 aromatic carbocycles. The zero-order valence-electron chi connectivity index (χ0n) is 25.5. The van der Waals surface area contributed by atoms with E-state index in [1.807, 2.05) is 13.8 Å². The van der Waals surface area contributed by atoms with Crippen LogP contribution in [0.15, 0.2) is 18.2 Å². The molecule has 1 saturated heterocycles. The topological polar surface area (TPSA) is 124 Å². The van der Waals surface area contributed by atoms with Crippen LogP contribution in [0.25, 0.3) is 0 Å². The quantitative estimate of drug-likeness (QED) is 0.406. The predicted octanol–water partition coefficient (Wildman–Crippen LogP) is 2.47. The Morgan fingerprint density at radius 1 is 1.17 bits per heavy atom. The lowest BCUT2D eigenvalue weighted by Gasteiger charge is -2.34. The molecule has 42 heavy (non-hydrogen) atoms. The Kier molecular flexibility index (Phi) is 11.9. The standard InChI is InChI=1S/C31H49N5O6/c1-22-19-36(23(2)21-37)30(39)18-24-17-26(32-29(38)11-12-35-13-15-41-16-14-35)9-10-27(24)42-28(22)20-34(3)31(40)33-25-7-5-4-6-8-25/h9-10,17,22-23,25,28,37H,4-8,11-16,18-21H2,1-3H3,(H,32,38)(H,33,40)/t22-,23+,28-/m0/s1. The number of hydrogen-bond acceptors (Lipinski definition) is 7. The Labute approximate surface area is 249 Å². The smallest absolute Gasteiger partial charge is 0.317 e. The number of fused-ring (bicyclic) bond motifs is 1. The van der Waals surface area contributed by atoms with Crippen molar-refractivity contribution in [3.8, 4) is 5.75 Å². The van der Waals surface area contributed by atoms with Gasteiger partial charge in [0.2, 0.25) is 11.8 Å². The number of ether oxygens (including phenoxy) is 2. The summed E-state index contributed by atoms with van der Waals surface area (Å²) in [6.07, 6.45) is 5.55. The van der Waals surface area contributed by atoms with Crippen molar-refractivity contribution in [2.75, 3.05) is 64.9 Å². The minimum atomic E-state index is -0.390. The second-order valence-corrected chi connectivity index (χ2v) is 12.1. The van der Waals surface area contributed by atoms with E-state index in [2.05, 4.69) is 15.5 Å². The van der Waals surface area contributed by atoms with Gasteiger partial charge in [-0.15, -0.1) is 0 Å². The number of carbonyl (C=O) groups excluding carboxylic acids is 3. The highest BCUT2D eigenvalue weighted by molar-refractivity contribution is 5.91. The van der Waals surface area contributed by atoms with E-state index >= 15 is 0 Å². The van der Waals surface area contributed by atoms with Gasteiger partial charge in [0.25, 0.3) is 0 Å². The molecule has 0 aromatic heterocycles. The molecule has 4 amide bonds. The molecule has 11 heteroatoms. The number of amides is 4. The number of carbonyl (C=O) groups is 3. The van der Waals surface area contributed by atoms with Crippen LogP contribution in [-0.4, -0.2) is 115 Å². The Hall–Kier alpha value is -2.89. The molecule has 2 heterocycles. The maximum atomic E-state index is 13.5. The maximum absolute atomic E-state index is 13.5. The van der Waals surface area contributed by atoms with Crippen molar-refractivity contribution >= 4 is 23.5 Å². The van der Waals surface area contributed by atoms with Crippen LogP contribution in [0.2, 0.25) is 0 Å². The lowest BCUT2D eigenvalue weighted by molar-refractivity contribution is -0.134. The van der Waals surface area contributed by atoms with Crippen LogP contribution in [0, 0.1) is 5.92 Å². The van der Waals surface area contributed by atoms with Crippen LogP contribution in [0.3, 0.4) is 0 Å². The third kappa shape index (κ3) is 9.05. The van der Waals surface area contributed by atoms with Gasteiger partial charge < -0.3 is 35.0 Å². The summed E-state index contributed by atoms with van der Waals surface area (Å²) in [6.45, 7) is 8.11. The van der Waals surface area contributed by atoms with E-state index in [4.69, 9.17) is 9.47 Å². The fourth-order valence-electron chi connectivity index (χ4n) is 5.92. The number of anilines is 1. The maximum Gasteiger partial charge on any atom is 0.317 e. The SMILES string of the molecule is C[C@H](CO)N1C[C@H](C)[C@H](CN(C)C(=O)NC2CCCCC2)Oc2ccc(NC(=O)CCN3CCOCC3)cc2CC1=O. The van der Waals surface area contributed by atoms with Gasteiger partial charge in [0.05, 0.1) is 38.8 Å². The van der Waals surface area contributed by atoms with Crippen LogP contribution < -0.4 is 15.4 Å². The largest absolute Gasteiger partial charge is 0.488 e. The van der Waals surface area contributed by atoms with Crippen molar-refractivity contribution in [2.24, 2.45) is 5.92 Å². The number of benzene rings is 1. The third-order valence-corrected chi connectivity index (χ3v) is 8.69. The van der Waals surface area contributed by atoms with Crippen LogP contribution >= 0.6 is 0 Å². The van der Waals surface area contributed by atoms with Crippen molar-refractivity contribution in [1.82, 2.24) is 20.0 Å². The summed E-state index contributed by atoms with van der Waals surface area (Å²) in [7, 11) is 1.77. The molecule has 3 N–H and O–H groups in total. The van der Waals surface area contributed by atoms with Crippen molar-refractivity contribution in [2.45, 2.75) is 77.0 Å². The molecular formula is C31H49N5O6. The predicted molar refractivity (Wildman–Crippen MR) is 161 cm³/mol. The first-order chi connectivity index (χ1) is 20.2. The molecule has 0 bridgehead atoms. The summed E-state index contributed by atoms with van der Waals surface area (Å²) in [6, 6.07) is 5.11. The minimum absolute atomic E-state index is 0.0780. The Morgan fingerprint density at radius 3 is 2.62 bits per heavy atom. The minimum Gasteiger partial charge on any atom is -0.488 e. The Balaban J connectivity index is 1.48. The van der Waals surface area contributed by atoms with E-state index in [1.165, 1.54) is 6.42 Å². The fraction of sp³-hybridized carbons (Fsp3) is 0.710. The first-order valence-corrected chi connectivity index (χ1v) is 15.5. The normalized spacial score (nSPS) is 23.0. The number of aliphatic hydroxyl groups excluding tert-OH is 1. The fourth-order valence-corrected chi connectivity index (χ4v) is 5.92. The third-order valence-electron chi connectivity index (χ3n) is 8.69. The van der Waals surface area contributed by atoms with Crippen LogP contribution in [-0.2, 0) is 20.7 Å². The lowest BCUT2D eigenvalue weighted by Crippen LogP contribution is -2.50. The van der Waals surface area contributed by atoms with Gasteiger partial charge >= 0.3 is 6.03 Å². The van der Waals surface area contributed by atoms with Gasteiger partial charge in [0, 0.05) is 62.9 Å². The molecule has 11 nitrogen and oxygen atoms in total. The second-order valence-electron chi connectivity index (χ2n) is 12.1. The van der Waals surface area contributed by atoms with Crippen LogP contribution in [0.4, 0.5) is 10.5 Å². The van der Waals surface area contributed by atoms with Gasteiger partial charge in [-0.2, -0.15) is 0 Å². The van der Waals surface area contributed by atoms with Gasteiger partial charge in [0.15, 0.2) is 0 Å². The highest BCUT2D eigenvalue weighted by atomic mass is 16.5. The number of aliphatic hydroxyl groups is 1. The number of urea groups is 1. The number of hydrogen-bond donors (Lipinski definition) is 3. The molecule has 1 aliphatic carbocycles. The first kappa shape index (κ1) is 32.0. The molecule has 2 aliphatic heterocycles. The van der Waals surface area contributed by atoms with Gasteiger partial charge in [-0.25, -0.2) is 4.79 Å². The van der Waals surface area contributed by atoms with E-state index in [1.54, 1.807) is 35.0 Å². The van der Waals surface area contributed by atoms with Gasteiger partial charge in [-0.3, -0.25) is 14.5 Å². The first-order valence-electron chi connectivity index (χ1n) is 15.5. The highest BCUT2D eigenvalue weighted by Gasteiger charge is 2.32. The van der Waals surface area contributed by atoms with Crippen molar-refractivity contribution in [1.29, 1.82) is 0 Å². The molecule has 3 atom stereocenters. The monoisotopic (exact) mass is 587 g/mol. The summed E-state index contributed by atoms with van der Waals surface area (Å²) in [5.41, 5.74) is 1.27. The summed E-state index contributed by atoms with van der Waals surface area (Å²) in [5.74, 6) is 0.238. The molecule has 0 unspecified atom stereocenters. The molecule has 2 fully saturated rings. The number of nitrogens with one attached hydrogen (secondary N) is 2. The number of rotatable bonds is 9. The van der Waals surface area contributed by atoms with Crippen LogP contribution in [0.5, 0.6) is 5.75 Å². The summed E-state index contributed by atoms with van der Waals surface area (Å²) in [5, 5.41) is 16.0.